The Morgan fingerprint density at radius 2 is 2.00 bits per heavy atom. The van der Waals surface area contributed by atoms with Gasteiger partial charge in [0.25, 0.3) is 0 Å². The van der Waals surface area contributed by atoms with E-state index in [1.54, 1.807) is 25.1 Å². The fourth-order valence-electron chi connectivity index (χ4n) is 2.20. The lowest BCUT2D eigenvalue weighted by molar-refractivity contribution is 0.102. The summed E-state index contributed by atoms with van der Waals surface area (Å²) in [6, 6.07) is 4.88. The molecule has 0 unspecified atom stereocenters. The second-order valence-electron chi connectivity index (χ2n) is 4.73. The lowest BCUT2D eigenvalue weighted by atomic mass is 9.94. The van der Waals surface area contributed by atoms with Crippen molar-refractivity contribution in [3.63, 3.8) is 0 Å². The van der Waals surface area contributed by atoms with E-state index in [9.17, 15) is 15.0 Å². The van der Waals surface area contributed by atoms with E-state index < -0.39 is 0 Å². The molecule has 0 fully saturated rings. The monoisotopic (exact) mass is 306 g/mol. The number of aliphatic hydroxyl groups is 3. The highest BCUT2D eigenvalue weighted by Crippen LogP contribution is 2.27. The van der Waals surface area contributed by atoms with Gasteiger partial charge in [0, 0.05) is 23.3 Å². The van der Waals surface area contributed by atoms with Crippen LogP contribution in [-0.2, 0) is 6.61 Å². The van der Waals surface area contributed by atoms with Crippen molar-refractivity contribution < 1.29 is 24.9 Å². The number of aliphatic hydroxyl groups excluding tert-OH is 3. The van der Waals surface area contributed by atoms with E-state index in [-0.39, 0.29) is 42.3 Å². The summed E-state index contributed by atoms with van der Waals surface area (Å²) < 4.78 is 5.15. The first-order valence-corrected chi connectivity index (χ1v) is 7.04. The Hall–Kier alpha value is -2.11. The third-order valence-corrected chi connectivity index (χ3v) is 3.42. The Bertz CT molecular complexity index is 587. The Balaban J connectivity index is 3.34. The van der Waals surface area contributed by atoms with Crippen molar-refractivity contribution in [3.05, 3.63) is 52.8 Å². The van der Waals surface area contributed by atoms with Gasteiger partial charge in [-0.05, 0) is 24.5 Å². The van der Waals surface area contributed by atoms with Crippen LogP contribution in [0.5, 0.6) is 5.75 Å². The number of carbonyl (C=O) groups is 1. The summed E-state index contributed by atoms with van der Waals surface area (Å²) >= 11 is 0. The highest BCUT2D eigenvalue weighted by molar-refractivity contribution is 6.10. The first-order valence-electron chi connectivity index (χ1n) is 7.04. The van der Waals surface area contributed by atoms with Crippen LogP contribution in [0.2, 0.25) is 0 Å². The highest BCUT2D eigenvalue weighted by atomic mass is 16.5. The zero-order valence-electron chi connectivity index (χ0n) is 12.9. The maximum Gasteiger partial charge on any atom is 0.193 e. The third kappa shape index (κ3) is 3.75. The van der Waals surface area contributed by atoms with Gasteiger partial charge in [-0.2, -0.15) is 0 Å². The van der Waals surface area contributed by atoms with Gasteiger partial charge in [-0.15, -0.1) is 0 Å². The molecule has 0 radical (unpaired) electrons. The van der Waals surface area contributed by atoms with Gasteiger partial charge in [0.2, 0.25) is 0 Å². The fourth-order valence-corrected chi connectivity index (χ4v) is 2.20. The minimum absolute atomic E-state index is 0.158. The van der Waals surface area contributed by atoms with E-state index in [2.05, 4.69) is 6.58 Å². The Kier molecular flexibility index (Phi) is 6.82. The molecule has 0 bridgehead atoms. The number of ketones is 1. The standard InChI is InChI=1S/C17H22O5/c1-4-12(16(20)11(2)8-9-18)17(21)13-6-5-7-15(22-3)14(13)10-19/h5-7,18-20H,2,4,8-10H2,1,3H3/b16-12-. The molecule has 0 spiro atoms. The maximum atomic E-state index is 12.7. The zero-order chi connectivity index (χ0) is 16.7. The van der Waals surface area contributed by atoms with Crippen molar-refractivity contribution in [1.29, 1.82) is 0 Å². The van der Waals surface area contributed by atoms with Gasteiger partial charge in [0.1, 0.15) is 11.5 Å². The third-order valence-electron chi connectivity index (χ3n) is 3.42. The van der Waals surface area contributed by atoms with E-state index in [4.69, 9.17) is 9.84 Å². The number of ether oxygens (including phenoxy) is 1. The Morgan fingerprint density at radius 1 is 1.32 bits per heavy atom. The zero-order valence-corrected chi connectivity index (χ0v) is 12.9. The van der Waals surface area contributed by atoms with E-state index in [0.717, 1.165) is 0 Å². The Morgan fingerprint density at radius 3 is 2.50 bits per heavy atom. The number of benzene rings is 1. The summed E-state index contributed by atoms with van der Waals surface area (Å²) in [6.45, 7) is 4.91. The molecule has 1 aromatic carbocycles. The first-order chi connectivity index (χ1) is 10.5. The predicted octanol–water partition coefficient (Wildman–Crippen LogP) is 2.53. The van der Waals surface area contributed by atoms with Crippen molar-refractivity contribution in [1.82, 2.24) is 0 Å². The summed E-state index contributed by atoms with van der Waals surface area (Å²) in [4.78, 5) is 12.7. The van der Waals surface area contributed by atoms with Crippen molar-refractivity contribution in [2.75, 3.05) is 13.7 Å². The molecule has 0 aliphatic heterocycles. The topological polar surface area (TPSA) is 87.0 Å². The molecule has 0 aliphatic rings. The van der Waals surface area contributed by atoms with Crippen LogP contribution in [0.15, 0.2) is 41.7 Å². The first kappa shape index (κ1) is 17.9. The minimum Gasteiger partial charge on any atom is -0.507 e. The second kappa shape index (κ2) is 8.36. The van der Waals surface area contributed by atoms with E-state index >= 15 is 0 Å². The number of carbonyl (C=O) groups excluding carboxylic acids is 1. The molecule has 3 N–H and O–H groups in total. The van der Waals surface area contributed by atoms with Gasteiger partial charge in [-0.1, -0.05) is 25.6 Å². The van der Waals surface area contributed by atoms with Gasteiger partial charge in [0.15, 0.2) is 5.78 Å². The molecular weight excluding hydrogens is 284 g/mol. The highest BCUT2D eigenvalue weighted by Gasteiger charge is 2.21. The van der Waals surface area contributed by atoms with Crippen LogP contribution in [-0.4, -0.2) is 34.8 Å². The molecule has 0 aromatic heterocycles. The number of allylic oxidation sites excluding steroid dienone is 2. The minimum atomic E-state index is -0.387. The number of methoxy groups -OCH3 is 1. The van der Waals surface area contributed by atoms with Crippen LogP contribution in [0.25, 0.3) is 0 Å². The van der Waals surface area contributed by atoms with Crippen LogP contribution in [0.1, 0.15) is 35.7 Å². The summed E-state index contributed by atoms with van der Waals surface area (Å²) in [5, 5.41) is 28.6. The lowest BCUT2D eigenvalue weighted by Crippen LogP contribution is -2.11. The van der Waals surface area contributed by atoms with Gasteiger partial charge in [0.05, 0.1) is 13.7 Å². The van der Waals surface area contributed by atoms with Crippen molar-refractivity contribution in [2.24, 2.45) is 0 Å². The van der Waals surface area contributed by atoms with Gasteiger partial charge in [-0.25, -0.2) is 0 Å². The molecule has 22 heavy (non-hydrogen) atoms. The van der Waals surface area contributed by atoms with E-state index in [1.807, 2.05) is 0 Å². The van der Waals surface area contributed by atoms with Crippen LogP contribution in [0.4, 0.5) is 0 Å². The average Bonchev–Trinajstić information content (AvgIpc) is 2.54. The predicted molar refractivity (Wildman–Crippen MR) is 84.0 cm³/mol. The van der Waals surface area contributed by atoms with Crippen LogP contribution in [0.3, 0.4) is 0 Å². The van der Waals surface area contributed by atoms with E-state index in [1.165, 1.54) is 7.11 Å². The van der Waals surface area contributed by atoms with Gasteiger partial charge < -0.3 is 20.1 Å². The van der Waals surface area contributed by atoms with Gasteiger partial charge >= 0.3 is 0 Å². The smallest absolute Gasteiger partial charge is 0.193 e. The molecular formula is C17H22O5. The lowest BCUT2D eigenvalue weighted by Gasteiger charge is -2.14. The maximum absolute atomic E-state index is 12.7. The molecule has 0 saturated carbocycles. The summed E-state index contributed by atoms with van der Waals surface area (Å²) in [5.74, 6) is -0.173. The van der Waals surface area contributed by atoms with Crippen LogP contribution < -0.4 is 4.74 Å². The normalized spacial score (nSPS) is 11.8. The molecule has 0 atom stereocenters. The van der Waals surface area contributed by atoms with Crippen LogP contribution >= 0.6 is 0 Å². The van der Waals surface area contributed by atoms with Crippen molar-refractivity contribution in [3.8, 4) is 5.75 Å². The van der Waals surface area contributed by atoms with Crippen LogP contribution in [0, 0.1) is 0 Å². The molecule has 0 heterocycles. The number of Topliss-reactive ketones (excluding diaryl/α,β-unsaturated/α-hetero) is 1. The summed E-state index contributed by atoms with van der Waals surface area (Å²) in [6.07, 6.45) is 0.491. The molecule has 0 amide bonds. The van der Waals surface area contributed by atoms with Crippen molar-refractivity contribution >= 4 is 5.78 Å². The van der Waals surface area contributed by atoms with Crippen molar-refractivity contribution in [2.45, 2.75) is 26.4 Å². The average molecular weight is 306 g/mol. The number of hydrogen-bond acceptors (Lipinski definition) is 5. The fraction of sp³-hybridized carbons (Fsp3) is 0.353. The second-order valence-corrected chi connectivity index (χ2v) is 4.73. The molecule has 1 aromatic rings. The SMILES string of the molecule is C=C(CCO)/C(O)=C(\CC)C(=O)c1cccc(OC)c1CO. The molecule has 5 heteroatoms. The molecule has 0 aliphatic carbocycles. The summed E-state index contributed by atoms with van der Waals surface area (Å²) in [7, 11) is 1.46. The number of hydrogen-bond donors (Lipinski definition) is 3. The van der Waals surface area contributed by atoms with E-state index in [0.29, 0.717) is 23.3 Å². The molecule has 5 nitrogen and oxygen atoms in total. The largest absolute Gasteiger partial charge is 0.507 e. The molecule has 1 rings (SSSR count). The quantitative estimate of drug-likeness (QED) is 0.297. The summed E-state index contributed by atoms with van der Waals surface area (Å²) in [5.41, 5.74) is 1.16. The van der Waals surface area contributed by atoms with Gasteiger partial charge in [-0.3, -0.25) is 4.79 Å². The molecule has 0 saturated heterocycles. The number of rotatable bonds is 8. The Labute approximate surface area is 130 Å². The molecule has 120 valence electrons.